The first-order valence-electron chi connectivity index (χ1n) is 8.28. The van der Waals surface area contributed by atoms with Gasteiger partial charge in [-0.25, -0.2) is 9.07 Å². The number of thioether (sulfide) groups is 1. The Kier molecular flexibility index (Phi) is 6.41. The van der Waals surface area contributed by atoms with Crippen LogP contribution < -0.4 is 10.1 Å². The molecule has 3 rings (SSSR count). The van der Waals surface area contributed by atoms with Gasteiger partial charge in [0, 0.05) is 12.7 Å². The molecule has 0 atom stereocenters. The lowest BCUT2D eigenvalue weighted by Crippen LogP contribution is -2.15. The molecule has 0 aliphatic heterocycles. The summed E-state index contributed by atoms with van der Waals surface area (Å²) in [5.41, 5.74) is 2.44. The molecule has 1 aromatic heterocycles. The van der Waals surface area contributed by atoms with E-state index in [0.29, 0.717) is 12.2 Å². The quantitative estimate of drug-likeness (QED) is 0.639. The Bertz CT molecular complexity index is 998. The molecule has 0 unspecified atom stereocenters. The van der Waals surface area contributed by atoms with E-state index in [1.54, 1.807) is 10.7 Å². The molecule has 0 aliphatic rings. The molecule has 1 N–H and O–H groups in total. The largest absolute Gasteiger partial charge is 0.325 e. The Labute approximate surface area is 165 Å². The van der Waals surface area contributed by atoms with Gasteiger partial charge in [-0.05, 0) is 30.2 Å². The van der Waals surface area contributed by atoms with E-state index in [1.807, 2.05) is 44.3 Å². The van der Waals surface area contributed by atoms with E-state index in [2.05, 4.69) is 15.4 Å². The number of anilines is 1. The zero-order valence-corrected chi connectivity index (χ0v) is 16.6. The van der Waals surface area contributed by atoms with Crippen LogP contribution in [0.1, 0.15) is 11.1 Å². The number of aromatic nitrogens is 2. The van der Waals surface area contributed by atoms with Crippen LogP contribution in [0.25, 0.3) is 0 Å². The molecule has 8 heteroatoms. The van der Waals surface area contributed by atoms with Crippen LogP contribution in [0.5, 0.6) is 0 Å². The van der Waals surface area contributed by atoms with E-state index >= 15 is 0 Å². The second-order valence-corrected chi connectivity index (χ2v) is 8.05. The fraction of sp³-hybridized carbons (Fsp3) is 0.211. The Balaban J connectivity index is 1.60. The molecule has 1 heterocycles. The monoisotopic (exact) mass is 402 g/mol. The van der Waals surface area contributed by atoms with Gasteiger partial charge in [0.1, 0.15) is 5.82 Å². The number of amides is 1. The Morgan fingerprint density at radius 2 is 2.07 bits per heavy atom. The number of carbonyl (C=O) groups is 1. The lowest BCUT2D eigenvalue weighted by molar-refractivity contribution is -0.113. The lowest BCUT2D eigenvalue weighted by Gasteiger charge is -2.07. The number of nitrogens with zero attached hydrogens (tertiary/aromatic N) is 3. The second kappa shape index (κ2) is 8.96. The van der Waals surface area contributed by atoms with E-state index in [0.717, 1.165) is 20.3 Å². The molecular formula is C19H19FN4OS2. The molecule has 27 heavy (non-hydrogen) atoms. The minimum atomic E-state index is -0.375. The van der Waals surface area contributed by atoms with Crippen molar-refractivity contribution >= 4 is 34.7 Å². The molecular weight excluding hydrogens is 383 g/mol. The van der Waals surface area contributed by atoms with Crippen LogP contribution in [0.4, 0.5) is 10.1 Å². The zero-order valence-electron chi connectivity index (χ0n) is 15.0. The predicted octanol–water partition coefficient (Wildman–Crippen LogP) is 3.76. The van der Waals surface area contributed by atoms with Crippen LogP contribution in [0, 0.1) is 12.7 Å². The summed E-state index contributed by atoms with van der Waals surface area (Å²) in [7, 11) is 1.83. The molecule has 3 aromatic rings. The van der Waals surface area contributed by atoms with Gasteiger partial charge in [-0.1, -0.05) is 59.5 Å². The number of hydrogen-bond donors (Lipinski definition) is 1. The SMILES string of the molecule is Cc1ccc(F)cc1NC(=O)CSc1nn(C)c(=NCc2ccccc2)s1. The standard InChI is InChI=1S/C19H19FN4OS2/c1-13-8-9-15(20)10-16(13)22-17(25)12-26-19-23-24(2)18(27-19)21-11-14-6-4-3-5-7-14/h3-10H,11-12H2,1-2H3,(H,22,25). The van der Waals surface area contributed by atoms with Crippen LogP contribution in [-0.4, -0.2) is 21.4 Å². The summed E-state index contributed by atoms with van der Waals surface area (Å²) in [5.74, 6) is -0.379. The minimum Gasteiger partial charge on any atom is -0.325 e. The van der Waals surface area contributed by atoms with E-state index in [4.69, 9.17) is 0 Å². The number of benzene rings is 2. The van der Waals surface area contributed by atoms with Gasteiger partial charge in [-0.3, -0.25) is 9.79 Å². The predicted molar refractivity (Wildman–Crippen MR) is 107 cm³/mol. The Morgan fingerprint density at radius 1 is 1.30 bits per heavy atom. The van der Waals surface area contributed by atoms with Crippen molar-refractivity contribution < 1.29 is 9.18 Å². The smallest absolute Gasteiger partial charge is 0.234 e. The Morgan fingerprint density at radius 3 is 2.85 bits per heavy atom. The fourth-order valence-electron chi connectivity index (χ4n) is 2.31. The first kappa shape index (κ1) is 19.3. The van der Waals surface area contributed by atoms with E-state index in [9.17, 15) is 9.18 Å². The molecule has 0 saturated heterocycles. The number of carbonyl (C=O) groups excluding carboxylic acids is 1. The summed E-state index contributed by atoms with van der Waals surface area (Å²) in [6.45, 7) is 2.41. The Hall–Kier alpha value is -2.45. The van der Waals surface area contributed by atoms with Gasteiger partial charge >= 0.3 is 0 Å². The summed E-state index contributed by atoms with van der Waals surface area (Å²) >= 11 is 2.78. The minimum absolute atomic E-state index is 0.196. The number of hydrogen-bond acceptors (Lipinski definition) is 5. The summed E-state index contributed by atoms with van der Waals surface area (Å²) in [5, 5.41) is 7.13. The zero-order chi connectivity index (χ0) is 19.2. The van der Waals surface area contributed by atoms with Crippen molar-refractivity contribution in [2.45, 2.75) is 17.8 Å². The maximum absolute atomic E-state index is 13.3. The highest BCUT2D eigenvalue weighted by molar-refractivity contribution is 8.01. The molecule has 0 bridgehead atoms. The van der Waals surface area contributed by atoms with Crippen LogP contribution in [0.15, 0.2) is 57.9 Å². The normalized spacial score (nSPS) is 11.6. The molecule has 5 nitrogen and oxygen atoms in total. The second-order valence-electron chi connectivity index (χ2n) is 5.87. The maximum atomic E-state index is 13.3. The van der Waals surface area contributed by atoms with Gasteiger partial charge in [-0.15, -0.1) is 0 Å². The van der Waals surface area contributed by atoms with Gasteiger partial charge in [0.05, 0.1) is 12.3 Å². The number of halogens is 1. The first-order chi connectivity index (χ1) is 13.0. The van der Waals surface area contributed by atoms with Crippen LogP contribution in [0.3, 0.4) is 0 Å². The third kappa shape index (κ3) is 5.51. The van der Waals surface area contributed by atoms with Gasteiger partial charge in [-0.2, -0.15) is 5.10 Å². The van der Waals surface area contributed by atoms with Crippen molar-refractivity contribution in [3.05, 3.63) is 70.3 Å². The third-order valence-corrected chi connectivity index (χ3v) is 5.90. The highest BCUT2D eigenvalue weighted by Crippen LogP contribution is 2.20. The van der Waals surface area contributed by atoms with E-state index in [1.165, 1.54) is 35.2 Å². The van der Waals surface area contributed by atoms with Gasteiger partial charge in [0.25, 0.3) is 0 Å². The third-order valence-electron chi connectivity index (χ3n) is 3.73. The lowest BCUT2D eigenvalue weighted by atomic mass is 10.2. The van der Waals surface area contributed by atoms with E-state index in [-0.39, 0.29) is 17.5 Å². The van der Waals surface area contributed by atoms with Gasteiger partial charge < -0.3 is 5.32 Å². The van der Waals surface area contributed by atoms with Crippen LogP contribution >= 0.6 is 23.1 Å². The van der Waals surface area contributed by atoms with Crippen molar-refractivity contribution in [1.82, 2.24) is 9.78 Å². The molecule has 0 aliphatic carbocycles. The number of nitrogens with one attached hydrogen (secondary N) is 1. The number of rotatable bonds is 6. The van der Waals surface area contributed by atoms with Crippen molar-refractivity contribution in [3.8, 4) is 0 Å². The topological polar surface area (TPSA) is 59.3 Å². The van der Waals surface area contributed by atoms with E-state index < -0.39 is 0 Å². The molecule has 0 radical (unpaired) electrons. The van der Waals surface area contributed by atoms with Crippen molar-refractivity contribution in [3.63, 3.8) is 0 Å². The number of aryl methyl sites for hydroxylation is 2. The molecule has 1 amide bonds. The average Bonchev–Trinajstić information content (AvgIpc) is 3.02. The molecule has 0 fully saturated rings. The van der Waals surface area contributed by atoms with Crippen LogP contribution in [-0.2, 0) is 18.4 Å². The highest BCUT2D eigenvalue weighted by Gasteiger charge is 2.09. The maximum Gasteiger partial charge on any atom is 0.234 e. The van der Waals surface area contributed by atoms with Gasteiger partial charge in [0.2, 0.25) is 10.7 Å². The van der Waals surface area contributed by atoms with Gasteiger partial charge in [0.15, 0.2) is 4.34 Å². The summed E-state index contributed by atoms with van der Waals surface area (Å²) in [6, 6.07) is 14.3. The first-order valence-corrected chi connectivity index (χ1v) is 10.1. The van der Waals surface area contributed by atoms with Crippen molar-refractivity contribution in [1.29, 1.82) is 0 Å². The van der Waals surface area contributed by atoms with Crippen molar-refractivity contribution in [2.75, 3.05) is 11.1 Å². The fourth-order valence-corrected chi connectivity index (χ4v) is 4.07. The highest BCUT2D eigenvalue weighted by atomic mass is 32.2. The molecule has 2 aromatic carbocycles. The van der Waals surface area contributed by atoms with Crippen LogP contribution in [0.2, 0.25) is 0 Å². The average molecular weight is 403 g/mol. The summed E-state index contributed by atoms with van der Waals surface area (Å²) in [4.78, 5) is 17.5. The molecule has 0 saturated carbocycles. The summed E-state index contributed by atoms with van der Waals surface area (Å²) < 4.78 is 15.8. The van der Waals surface area contributed by atoms with Crippen molar-refractivity contribution in [2.24, 2.45) is 12.0 Å². The molecule has 140 valence electrons. The summed E-state index contributed by atoms with van der Waals surface area (Å²) in [6.07, 6.45) is 0. The molecule has 0 spiro atoms.